The second-order valence-electron chi connectivity index (χ2n) is 18.0. The molecule has 0 aliphatic carbocycles. The van der Waals surface area contributed by atoms with Gasteiger partial charge in [0.05, 0.1) is 86.0 Å². The normalized spacial score (nSPS) is 41.8. The number of methoxy groups -OCH3 is 1. The van der Waals surface area contributed by atoms with Crippen LogP contribution < -0.4 is 11.1 Å². The van der Waals surface area contributed by atoms with Crippen molar-refractivity contribution in [2.24, 2.45) is 17.6 Å². The lowest BCUT2D eigenvalue weighted by atomic mass is 9.82. The van der Waals surface area contributed by atoms with Gasteiger partial charge >= 0.3 is 5.97 Å². The molecule has 68 heavy (non-hydrogen) atoms. The highest BCUT2D eigenvalue weighted by Crippen LogP contribution is 2.38. The third-order valence-electron chi connectivity index (χ3n) is 11.9. The van der Waals surface area contributed by atoms with E-state index < -0.39 is 135 Å². The summed E-state index contributed by atoms with van der Waals surface area (Å²) in [4.78, 5) is 26.2. The number of aliphatic hydroxyl groups is 10. The summed E-state index contributed by atoms with van der Waals surface area (Å²) < 4.78 is 28.4. The third kappa shape index (κ3) is 21.7. The van der Waals surface area contributed by atoms with E-state index in [1.54, 1.807) is 61.6 Å². The topological polar surface area (TPSA) is 321 Å². The molecule has 0 radical (unpaired) electrons. The van der Waals surface area contributed by atoms with Gasteiger partial charge in [0, 0.05) is 58.3 Å². The van der Waals surface area contributed by atoms with E-state index in [2.05, 4.69) is 5.32 Å². The number of fused-ring (bicyclic) bond motifs is 2. The standard InChI is InChI=1S/C49H78N2O17/c1-31-17-14-12-10-8-6-4-5-7-9-11-13-15-18-36(67-48-46(61)45(50)41(59)30-65-48)27-42-44(47(62)51-21-16-22-64-3)40(58)29-49(63,68-42)28-35(54)25-39(57)37(55)20-19-33(52)24-34(53)26-43(60)66-32(2)23-38(31)56/h4-15,17-18,31-42,44-46,48,52-59,61,63H,16,19-30,50H2,1-3H3,(H,51,62)/b5-4+,8-6+,9-7+,12-10+,13-11+,17-14+,18-15+/t31-,32-,33+,34?,35-,36?,37?,38-,39?,40-,41+,42-,44+,45-,46-,48-,49?/m0/s1. The number of nitrogens with one attached hydrogen (secondary N) is 1. The molecule has 3 heterocycles. The van der Waals surface area contributed by atoms with Crippen LogP contribution in [0.4, 0.5) is 0 Å². The van der Waals surface area contributed by atoms with Gasteiger partial charge in [-0.05, 0) is 32.6 Å². The molecule has 3 aliphatic rings. The molecule has 0 aromatic heterocycles. The molecule has 19 nitrogen and oxygen atoms in total. The fourth-order valence-corrected chi connectivity index (χ4v) is 8.06. The van der Waals surface area contributed by atoms with Crippen molar-refractivity contribution in [1.29, 1.82) is 0 Å². The third-order valence-corrected chi connectivity index (χ3v) is 11.9. The summed E-state index contributed by atoms with van der Waals surface area (Å²) in [6, 6.07) is -1.11. The van der Waals surface area contributed by atoms with E-state index in [1.165, 1.54) is 7.11 Å². The van der Waals surface area contributed by atoms with E-state index in [1.807, 2.05) is 37.3 Å². The zero-order valence-corrected chi connectivity index (χ0v) is 39.4. The number of hydrogen-bond acceptors (Lipinski definition) is 18. The highest BCUT2D eigenvalue weighted by molar-refractivity contribution is 5.80. The number of rotatable bonds is 7. The molecule has 3 rings (SSSR count). The van der Waals surface area contributed by atoms with Gasteiger partial charge < -0.3 is 85.8 Å². The summed E-state index contributed by atoms with van der Waals surface area (Å²) in [7, 11) is 1.51. The first-order chi connectivity index (χ1) is 32.3. The predicted molar refractivity (Wildman–Crippen MR) is 250 cm³/mol. The molecule has 0 spiro atoms. The van der Waals surface area contributed by atoms with Crippen LogP contribution in [0.1, 0.15) is 78.1 Å². The highest BCUT2D eigenvalue weighted by Gasteiger charge is 2.50. The maximum absolute atomic E-state index is 13.7. The smallest absolute Gasteiger partial charge is 0.308 e. The monoisotopic (exact) mass is 967 g/mol. The predicted octanol–water partition coefficient (Wildman–Crippen LogP) is 0.145. The van der Waals surface area contributed by atoms with Crippen molar-refractivity contribution >= 4 is 11.9 Å². The van der Waals surface area contributed by atoms with Gasteiger partial charge in [0.2, 0.25) is 5.91 Å². The molecule has 0 aromatic carbocycles. The zero-order chi connectivity index (χ0) is 50.2. The first-order valence-corrected chi connectivity index (χ1v) is 23.5. The lowest BCUT2D eigenvalue weighted by Crippen LogP contribution is -2.59. The van der Waals surface area contributed by atoms with Gasteiger partial charge in [0.15, 0.2) is 12.1 Å². The fraction of sp³-hybridized carbons (Fsp3) is 0.673. The molecule has 5 unspecified atom stereocenters. The summed E-state index contributed by atoms with van der Waals surface area (Å²) in [6.07, 6.45) is 6.37. The molecule has 0 aromatic rings. The Morgan fingerprint density at radius 3 is 1.99 bits per heavy atom. The summed E-state index contributed by atoms with van der Waals surface area (Å²) >= 11 is 0. The number of carbonyl (C=O) groups excluding carboxylic acids is 2. The minimum absolute atomic E-state index is 0.0909. The minimum Gasteiger partial charge on any atom is -0.462 e. The first-order valence-electron chi connectivity index (χ1n) is 23.5. The van der Waals surface area contributed by atoms with Crippen LogP contribution in [0, 0.1) is 11.8 Å². The summed E-state index contributed by atoms with van der Waals surface area (Å²) in [5, 5.41) is 111. The Bertz CT molecular complexity index is 1690. The largest absolute Gasteiger partial charge is 0.462 e. The van der Waals surface area contributed by atoms with Crippen molar-refractivity contribution < 1.29 is 84.3 Å². The number of hydrogen-bond donors (Lipinski definition) is 12. The summed E-state index contributed by atoms with van der Waals surface area (Å²) in [6.45, 7) is 3.77. The molecule has 2 bridgehead atoms. The van der Waals surface area contributed by atoms with Crippen LogP contribution in [0.2, 0.25) is 0 Å². The zero-order valence-electron chi connectivity index (χ0n) is 39.4. The molecule has 1 amide bonds. The maximum atomic E-state index is 13.7. The van der Waals surface area contributed by atoms with Gasteiger partial charge in [-0.15, -0.1) is 0 Å². The van der Waals surface area contributed by atoms with Crippen molar-refractivity contribution in [2.75, 3.05) is 26.9 Å². The van der Waals surface area contributed by atoms with Crippen molar-refractivity contribution in [3.05, 3.63) is 85.1 Å². The Hall–Kier alpha value is -3.48. The molecule has 13 N–H and O–H groups in total. The lowest BCUT2D eigenvalue weighted by molar-refractivity contribution is -0.304. The van der Waals surface area contributed by atoms with Crippen LogP contribution in [0.3, 0.4) is 0 Å². The van der Waals surface area contributed by atoms with Crippen LogP contribution in [0.25, 0.3) is 0 Å². The molecule has 386 valence electrons. The quantitative estimate of drug-likeness (QED) is 0.119. The molecular weight excluding hydrogens is 889 g/mol. The molecular formula is C49H78N2O17. The Labute approximate surface area is 399 Å². The second kappa shape index (κ2) is 31.0. The number of nitrogens with two attached hydrogens (primary N) is 1. The number of allylic oxidation sites excluding steroid dienone is 12. The van der Waals surface area contributed by atoms with Gasteiger partial charge in [-0.3, -0.25) is 9.59 Å². The van der Waals surface area contributed by atoms with E-state index >= 15 is 0 Å². The second-order valence-corrected chi connectivity index (χ2v) is 18.0. The SMILES string of the molecule is COCCCNC(=O)[C@H]1[C@@H]2CC(O[C@@H]3OC[C@@H](O)[C@H](N)[C@@H]3O)/C=C/C=C/C=C/C=C/C=C/C=C/C=C/[C@H](C)[C@@H](O)C[C@H](C)OC(=O)CC(O)C[C@H](O)CCC(O)C(O)C[C@H](O)CC(O)(C[C@@H]1O)O2. The van der Waals surface area contributed by atoms with E-state index in [0.717, 1.165) is 0 Å². The first kappa shape index (κ1) is 58.8. The van der Waals surface area contributed by atoms with Crippen LogP contribution in [0.5, 0.6) is 0 Å². The van der Waals surface area contributed by atoms with Gasteiger partial charge in [-0.25, -0.2) is 0 Å². The average molecular weight is 967 g/mol. The number of ether oxygens (including phenoxy) is 5. The van der Waals surface area contributed by atoms with Gasteiger partial charge in [0.1, 0.15) is 12.2 Å². The lowest BCUT2D eigenvalue weighted by Gasteiger charge is -2.45. The van der Waals surface area contributed by atoms with Crippen molar-refractivity contribution in [3.63, 3.8) is 0 Å². The van der Waals surface area contributed by atoms with E-state index in [4.69, 9.17) is 29.4 Å². The van der Waals surface area contributed by atoms with Gasteiger partial charge in [-0.1, -0.05) is 92.0 Å². The molecule has 3 aliphatic heterocycles. The van der Waals surface area contributed by atoms with E-state index in [9.17, 15) is 60.7 Å². The van der Waals surface area contributed by atoms with Crippen molar-refractivity contribution in [3.8, 4) is 0 Å². The van der Waals surface area contributed by atoms with Gasteiger partial charge in [0.25, 0.3) is 0 Å². The van der Waals surface area contributed by atoms with E-state index in [-0.39, 0.29) is 51.2 Å². The fourth-order valence-electron chi connectivity index (χ4n) is 8.06. The number of aliphatic hydroxyl groups excluding tert-OH is 9. The number of amides is 1. The molecule has 0 saturated carbocycles. The Morgan fingerprint density at radius 2 is 1.35 bits per heavy atom. The van der Waals surface area contributed by atoms with Crippen LogP contribution in [-0.4, -0.2) is 181 Å². The van der Waals surface area contributed by atoms with E-state index in [0.29, 0.717) is 13.0 Å². The highest BCUT2D eigenvalue weighted by atomic mass is 16.7. The van der Waals surface area contributed by atoms with Crippen molar-refractivity contribution in [2.45, 2.75) is 169 Å². The summed E-state index contributed by atoms with van der Waals surface area (Å²) in [5.41, 5.74) is 6.01. The molecule has 2 fully saturated rings. The van der Waals surface area contributed by atoms with Crippen LogP contribution in [0.15, 0.2) is 85.1 Å². The molecule has 17 atom stereocenters. The van der Waals surface area contributed by atoms with Gasteiger partial charge in [-0.2, -0.15) is 0 Å². The Balaban J connectivity index is 1.89. The number of esters is 1. The number of cyclic esters (lactones) is 1. The average Bonchev–Trinajstić information content (AvgIpc) is 3.26. The molecule has 2 saturated heterocycles. The Kier molecular flexibility index (Phi) is 26.8. The van der Waals surface area contributed by atoms with Crippen LogP contribution >= 0.6 is 0 Å². The summed E-state index contributed by atoms with van der Waals surface area (Å²) in [5.74, 6) is -5.10. The maximum Gasteiger partial charge on any atom is 0.308 e. The minimum atomic E-state index is -2.26. The molecule has 19 heteroatoms. The number of carbonyl (C=O) groups is 2. The Morgan fingerprint density at radius 1 is 0.735 bits per heavy atom. The van der Waals surface area contributed by atoms with Crippen molar-refractivity contribution in [1.82, 2.24) is 5.32 Å². The van der Waals surface area contributed by atoms with Crippen LogP contribution in [-0.2, 0) is 33.3 Å².